The number of hydrogen-bond acceptors (Lipinski definition) is 1. The van der Waals surface area contributed by atoms with Crippen LogP contribution < -0.4 is 0 Å². The summed E-state index contributed by atoms with van der Waals surface area (Å²) >= 11 is 0. The standard InChI is InChI=1S/C14H24O/c1-6-13(14(15)12(4)5)10-8-7-9-11(2)3/h6,8,10-12H,7,9H2,1-5H3/b10-8-,13-6+. The number of allylic oxidation sites excluding steroid dienone is 4. The molecule has 86 valence electrons. The van der Waals surface area contributed by atoms with Gasteiger partial charge in [-0.15, -0.1) is 0 Å². The van der Waals surface area contributed by atoms with Crippen LogP contribution in [0.25, 0.3) is 0 Å². The zero-order valence-corrected chi connectivity index (χ0v) is 10.7. The molecule has 0 aromatic carbocycles. The molecule has 0 rings (SSSR count). The molecular formula is C14H24O. The highest BCUT2D eigenvalue weighted by Crippen LogP contribution is 2.10. The fourth-order valence-electron chi connectivity index (χ4n) is 1.29. The number of hydrogen-bond donors (Lipinski definition) is 0. The topological polar surface area (TPSA) is 17.1 Å². The van der Waals surface area contributed by atoms with E-state index in [9.17, 15) is 4.79 Å². The van der Waals surface area contributed by atoms with Crippen LogP contribution in [0.1, 0.15) is 47.5 Å². The predicted molar refractivity (Wildman–Crippen MR) is 66.8 cm³/mol. The number of Topliss-reactive ketones (excluding diaryl/α,β-unsaturated/α-hetero) is 1. The Morgan fingerprint density at radius 3 is 2.20 bits per heavy atom. The molecule has 15 heavy (non-hydrogen) atoms. The summed E-state index contributed by atoms with van der Waals surface area (Å²) in [6.45, 7) is 10.2. The summed E-state index contributed by atoms with van der Waals surface area (Å²) in [6.07, 6.45) is 8.21. The van der Waals surface area contributed by atoms with Crippen molar-refractivity contribution in [2.45, 2.75) is 47.5 Å². The van der Waals surface area contributed by atoms with Crippen molar-refractivity contribution < 1.29 is 4.79 Å². The minimum Gasteiger partial charge on any atom is -0.294 e. The van der Waals surface area contributed by atoms with Crippen molar-refractivity contribution in [1.29, 1.82) is 0 Å². The van der Waals surface area contributed by atoms with Crippen molar-refractivity contribution >= 4 is 5.78 Å². The molecule has 0 aromatic heterocycles. The van der Waals surface area contributed by atoms with Gasteiger partial charge in [0.25, 0.3) is 0 Å². The minimum absolute atomic E-state index is 0.0888. The van der Waals surface area contributed by atoms with Crippen molar-refractivity contribution in [3.8, 4) is 0 Å². The molecule has 0 spiro atoms. The van der Waals surface area contributed by atoms with Crippen molar-refractivity contribution in [3.05, 3.63) is 23.8 Å². The Hall–Kier alpha value is -0.850. The molecule has 0 aliphatic rings. The maximum Gasteiger partial charge on any atom is 0.165 e. The molecule has 0 aliphatic heterocycles. The summed E-state index contributed by atoms with van der Waals surface area (Å²) in [5, 5.41) is 0. The second kappa shape index (κ2) is 7.44. The molecule has 0 atom stereocenters. The van der Waals surface area contributed by atoms with Crippen LogP contribution in [-0.2, 0) is 4.79 Å². The first-order valence-electron chi connectivity index (χ1n) is 5.86. The summed E-state index contributed by atoms with van der Waals surface area (Å²) < 4.78 is 0. The Bertz CT molecular complexity index is 244. The maximum atomic E-state index is 11.7. The monoisotopic (exact) mass is 208 g/mol. The Morgan fingerprint density at radius 2 is 1.80 bits per heavy atom. The van der Waals surface area contributed by atoms with Gasteiger partial charge >= 0.3 is 0 Å². The van der Waals surface area contributed by atoms with E-state index in [-0.39, 0.29) is 11.7 Å². The van der Waals surface area contributed by atoms with E-state index < -0.39 is 0 Å². The minimum atomic E-state index is 0.0888. The lowest BCUT2D eigenvalue weighted by Gasteiger charge is -2.04. The number of ketones is 1. The molecule has 0 aliphatic carbocycles. The molecule has 0 N–H and O–H groups in total. The van der Waals surface area contributed by atoms with Gasteiger partial charge in [0.2, 0.25) is 0 Å². The summed E-state index contributed by atoms with van der Waals surface area (Å²) in [6, 6.07) is 0. The van der Waals surface area contributed by atoms with Gasteiger partial charge in [0, 0.05) is 11.5 Å². The maximum absolute atomic E-state index is 11.7. The van der Waals surface area contributed by atoms with E-state index in [0.717, 1.165) is 17.9 Å². The lowest BCUT2D eigenvalue weighted by atomic mass is 10.00. The van der Waals surface area contributed by atoms with Crippen LogP contribution >= 0.6 is 0 Å². The average molecular weight is 208 g/mol. The molecule has 0 fully saturated rings. The van der Waals surface area contributed by atoms with E-state index in [1.807, 2.05) is 32.9 Å². The second-order valence-corrected chi connectivity index (χ2v) is 4.64. The third kappa shape index (κ3) is 6.27. The van der Waals surface area contributed by atoms with Gasteiger partial charge in [-0.25, -0.2) is 0 Å². The zero-order valence-electron chi connectivity index (χ0n) is 10.7. The van der Waals surface area contributed by atoms with E-state index in [4.69, 9.17) is 0 Å². The van der Waals surface area contributed by atoms with Crippen LogP contribution in [0, 0.1) is 11.8 Å². The van der Waals surface area contributed by atoms with Gasteiger partial charge in [-0.3, -0.25) is 4.79 Å². The Balaban J connectivity index is 4.18. The average Bonchev–Trinajstić information content (AvgIpc) is 2.16. The normalized spacial score (nSPS) is 13.1. The first-order valence-corrected chi connectivity index (χ1v) is 5.86. The first kappa shape index (κ1) is 14.2. The van der Waals surface area contributed by atoms with E-state index in [1.54, 1.807) is 0 Å². The first-order chi connectivity index (χ1) is 6.99. The Labute approximate surface area is 94.3 Å². The smallest absolute Gasteiger partial charge is 0.165 e. The van der Waals surface area contributed by atoms with Gasteiger partial charge in [0.05, 0.1) is 0 Å². The molecule has 0 saturated carbocycles. The van der Waals surface area contributed by atoms with E-state index in [0.29, 0.717) is 0 Å². The van der Waals surface area contributed by atoms with Gasteiger partial charge in [-0.2, -0.15) is 0 Å². The van der Waals surface area contributed by atoms with Gasteiger partial charge in [0.1, 0.15) is 0 Å². The number of carbonyl (C=O) groups is 1. The molecule has 0 unspecified atom stereocenters. The number of rotatable bonds is 6. The molecule has 1 nitrogen and oxygen atoms in total. The Morgan fingerprint density at radius 1 is 1.20 bits per heavy atom. The van der Waals surface area contributed by atoms with Gasteiger partial charge in [0.15, 0.2) is 5.78 Å². The fourth-order valence-corrected chi connectivity index (χ4v) is 1.29. The third-order valence-corrected chi connectivity index (χ3v) is 2.33. The van der Waals surface area contributed by atoms with Gasteiger partial charge in [-0.1, -0.05) is 45.9 Å². The van der Waals surface area contributed by atoms with Crippen LogP contribution in [0.5, 0.6) is 0 Å². The molecule has 1 heteroatoms. The molecule has 0 aromatic rings. The van der Waals surface area contributed by atoms with E-state index in [1.165, 1.54) is 6.42 Å². The van der Waals surface area contributed by atoms with Gasteiger partial charge in [-0.05, 0) is 25.7 Å². The van der Waals surface area contributed by atoms with Gasteiger partial charge < -0.3 is 0 Å². The van der Waals surface area contributed by atoms with Crippen LogP contribution in [0.3, 0.4) is 0 Å². The fraction of sp³-hybridized carbons (Fsp3) is 0.643. The molecule has 0 amide bonds. The lowest BCUT2D eigenvalue weighted by Crippen LogP contribution is -2.08. The lowest BCUT2D eigenvalue weighted by molar-refractivity contribution is -0.117. The largest absolute Gasteiger partial charge is 0.294 e. The summed E-state index contributed by atoms with van der Waals surface area (Å²) in [4.78, 5) is 11.7. The zero-order chi connectivity index (χ0) is 11.8. The van der Waals surface area contributed by atoms with Crippen molar-refractivity contribution in [2.75, 3.05) is 0 Å². The van der Waals surface area contributed by atoms with Crippen LogP contribution in [0.15, 0.2) is 23.8 Å². The molecular weight excluding hydrogens is 184 g/mol. The van der Waals surface area contributed by atoms with Crippen molar-refractivity contribution in [1.82, 2.24) is 0 Å². The predicted octanol–water partition coefficient (Wildman–Crippen LogP) is 4.15. The quantitative estimate of drug-likeness (QED) is 0.473. The highest BCUT2D eigenvalue weighted by molar-refractivity contribution is 5.99. The molecule has 0 radical (unpaired) electrons. The summed E-state index contributed by atoms with van der Waals surface area (Å²) in [7, 11) is 0. The van der Waals surface area contributed by atoms with Crippen LogP contribution in [0.4, 0.5) is 0 Å². The van der Waals surface area contributed by atoms with E-state index >= 15 is 0 Å². The highest BCUT2D eigenvalue weighted by Gasteiger charge is 2.09. The molecule has 0 bridgehead atoms. The van der Waals surface area contributed by atoms with E-state index in [2.05, 4.69) is 19.9 Å². The molecule has 0 heterocycles. The second-order valence-electron chi connectivity index (χ2n) is 4.64. The number of carbonyl (C=O) groups excluding carboxylic acids is 1. The van der Waals surface area contributed by atoms with Crippen LogP contribution in [0.2, 0.25) is 0 Å². The summed E-state index contributed by atoms with van der Waals surface area (Å²) in [5.74, 6) is 1.05. The van der Waals surface area contributed by atoms with Crippen molar-refractivity contribution in [2.24, 2.45) is 11.8 Å². The third-order valence-electron chi connectivity index (χ3n) is 2.33. The SMILES string of the molecule is C/C=C(\C=C/CCC(C)C)C(=O)C(C)C. The van der Waals surface area contributed by atoms with Crippen LogP contribution in [-0.4, -0.2) is 5.78 Å². The Kier molecular flexibility index (Phi) is 7.02. The highest BCUT2D eigenvalue weighted by atomic mass is 16.1. The van der Waals surface area contributed by atoms with Crippen molar-refractivity contribution in [3.63, 3.8) is 0 Å². The summed E-state index contributed by atoms with van der Waals surface area (Å²) in [5.41, 5.74) is 0.841. The molecule has 0 saturated heterocycles.